The molecule has 0 spiro atoms. The fourth-order valence-corrected chi connectivity index (χ4v) is 2.24. The van der Waals surface area contributed by atoms with Crippen molar-refractivity contribution in [3.63, 3.8) is 0 Å². The first-order chi connectivity index (χ1) is 8.86. The third-order valence-electron chi connectivity index (χ3n) is 3.23. The van der Waals surface area contributed by atoms with Crippen LogP contribution in [0.4, 0.5) is 0 Å². The van der Waals surface area contributed by atoms with Gasteiger partial charge in [0.25, 0.3) is 0 Å². The summed E-state index contributed by atoms with van der Waals surface area (Å²) in [4.78, 5) is 4.34. The van der Waals surface area contributed by atoms with Crippen molar-refractivity contribution < 1.29 is 9.47 Å². The first kappa shape index (κ1) is 11.3. The maximum Gasteiger partial charge on any atom is 0.221 e. The minimum Gasteiger partial charge on any atom is -0.497 e. The lowest BCUT2D eigenvalue weighted by molar-refractivity contribution is 0.217. The van der Waals surface area contributed by atoms with Crippen molar-refractivity contribution in [2.45, 2.75) is 12.5 Å². The summed E-state index contributed by atoms with van der Waals surface area (Å²) in [5.41, 5.74) is 0. The van der Waals surface area contributed by atoms with E-state index >= 15 is 0 Å². The molecule has 94 valence electrons. The van der Waals surface area contributed by atoms with Gasteiger partial charge in [0.1, 0.15) is 11.9 Å². The summed E-state index contributed by atoms with van der Waals surface area (Å²) in [5, 5.41) is 5.41. The predicted molar refractivity (Wildman–Crippen MR) is 70.2 cm³/mol. The second kappa shape index (κ2) is 4.82. The van der Waals surface area contributed by atoms with Crippen LogP contribution in [0.1, 0.15) is 6.42 Å². The molecule has 1 N–H and O–H groups in total. The van der Waals surface area contributed by atoms with E-state index in [4.69, 9.17) is 9.47 Å². The summed E-state index contributed by atoms with van der Waals surface area (Å²) in [6, 6.07) is 7.90. The Kier molecular flexibility index (Phi) is 3.02. The number of rotatable bonds is 3. The van der Waals surface area contributed by atoms with E-state index in [1.165, 1.54) is 0 Å². The van der Waals surface area contributed by atoms with E-state index in [1.807, 2.05) is 24.3 Å². The first-order valence-corrected chi connectivity index (χ1v) is 6.17. The van der Waals surface area contributed by atoms with Crippen molar-refractivity contribution in [2.24, 2.45) is 0 Å². The number of ether oxygens (including phenoxy) is 2. The molecule has 1 aromatic carbocycles. The van der Waals surface area contributed by atoms with Gasteiger partial charge >= 0.3 is 0 Å². The van der Waals surface area contributed by atoms with Crippen LogP contribution < -0.4 is 14.8 Å². The molecule has 2 aromatic rings. The van der Waals surface area contributed by atoms with Crippen LogP contribution in [0.25, 0.3) is 10.8 Å². The quantitative estimate of drug-likeness (QED) is 0.896. The molecule has 0 aliphatic carbocycles. The third kappa shape index (κ3) is 2.11. The monoisotopic (exact) mass is 244 g/mol. The van der Waals surface area contributed by atoms with E-state index < -0.39 is 0 Å². The van der Waals surface area contributed by atoms with Gasteiger partial charge < -0.3 is 14.8 Å². The van der Waals surface area contributed by atoms with Gasteiger partial charge in [-0.25, -0.2) is 4.98 Å². The summed E-state index contributed by atoms with van der Waals surface area (Å²) in [7, 11) is 1.67. The molecular formula is C14H16N2O2. The Hall–Kier alpha value is -1.81. The van der Waals surface area contributed by atoms with Gasteiger partial charge in [0.15, 0.2) is 0 Å². The van der Waals surface area contributed by atoms with Crippen LogP contribution in [-0.4, -0.2) is 31.3 Å². The van der Waals surface area contributed by atoms with Crippen molar-refractivity contribution >= 4 is 10.8 Å². The summed E-state index contributed by atoms with van der Waals surface area (Å²) in [5.74, 6) is 1.56. The van der Waals surface area contributed by atoms with Crippen LogP contribution in [-0.2, 0) is 0 Å². The largest absolute Gasteiger partial charge is 0.497 e. The molecule has 4 heteroatoms. The van der Waals surface area contributed by atoms with E-state index in [9.17, 15) is 0 Å². The molecule has 0 radical (unpaired) electrons. The van der Waals surface area contributed by atoms with Crippen LogP contribution in [0, 0.1) is 0 Å². The molecule has 0 unspecified atom stereocenters. The number of nitrogens with one attached hydrogen (secondary N) is 1. The Bertz CT molecular complexity index is 550. The van der Waals surface area contributed by atoms with Gasteiger partial charge in [0.2, 0.25) is 5.88 Å². The Balaban J connectivity index is 1.95. The zero-order chi connectivity index (χ0) is 12.4. The van der Waals surface area contributed by atoms with Crippen LogP contribution in [0.5, 0.6) is 11.6 Å². The number of hydrogen-bond donors (Lipinski definition) is 1. The van der Waals surface area contributed by atoms with E-state index in [2.05, 4.69) is 10.3 Å². The predicted octanol–water partition coefficient (Wildman–Crippen LogP) is 1.98. The minimum absolute atomic E-state index is 0.227. The van der Waals surface area contributed by atoms with Crippen LogP contribution in [0.15, 0.2) is 30.5 Å². The second-order valence-electron chi connectivity index (χ2n) is 4.44. The number of pyridine rings is 1. The number of benzene rings is 1. The average Bonchev–Trinajstić information content (AvgIpc) is 2.91. The SMILES string of the molecule is COc1ccc2c(O[C@@H]3CCNC3)nccc2c1. The Morgan fingerprint density at radius 3 is 3.06 bits per heavy atom. The standard InChI is InChI=1S/C14H16N2O2/c1-17-11-2-3-13-10(8-11)4-7-16-14(13)18-12-5-6-15-9-12/h2-4,7-8,12,15H,5-6,9H2,1H3/t12-/m1/s1. The normalized spacial score (nSPS) is 19.1. The van der Waals surface area contributed by atoms with Gasteiger partial charge in [-0.2, -0.15) is 0 Å². The average molecular weight is 244 g/mol. The van der Waals surface area contributed by atoms with Gasteiger partial charge in [0.05, 0.1) is 7.11 Å². The molecule has 1 atom stereocenters. The van der Waals surface area contributed by atoms with Crippen LogP contribution in [0.2, 0.25) is 0 Å². The maximum absolute atomic E-state index is 5.95. The van der Waals surface area contributed by atoms with Crippen molar-refractivity contribution in [1.29, 1.82) is 0 Å². The smallest absolute Gasteiger partial charge is 0.221 e. The van der Waals surface area contributed by atoms with E-state index in [1.54, 1.807) is 13.3 Å². The molecule has 1 aliphatic rings. The molecule has 3 rings (SSSR count). The molecule has 1 aliphatic heterocycles. The van der Waals surface area contributed by atoms with Crippen molar-refractivity contribution in [3.8, 4) is 11.6 Å². The highest BCUT2D eigenvalue weighted by molar-refractivity contribution is 5.87. The highest BCUT2D eigenvalue weighted by Gasteiger charge is 2.17. The summed E-state index contributed by atoms with van der Waals surface area (Å²) in [6.45, 7) is 1.91. The summed E-state index contributed by atoms with van der Waals surface area (Å²) < 4.78 is 11.2. The summed E-state index contributed by atoms with van der Waals surface area (Å²) in [6.07, 6.45) is 3.04. The molecule has 0 saturated carbocycles. The van der Waals surface area contributed by atoms with Gasteiger partial charge in [-0.3, -0.25) is 0 Å². The molecule has 1 aromatic heterocycles. The van der Waals surface area contributed by atoms with Gasteiger partial charge in [-0.15, -0.1) is 0 Å². The lowest BCUT2D eigenvalue weighted by atomic mass is 10.1. The molecule has 4 nitrogen and oxygen atoms in total. The first-order valence-electron chi connectivity index (χ1n) is 6.17. The van der Waals surface area contributed by atoms with E-state index in [0.717, 1.165) is 36.0 Å². The molecule has 0 amide bonds. The number of aromatic nitrogens is 1. The number of hydrogen-bond acceptors (Lipinski definition) is 4. The molecule has 2 heterocycles. The second-order valence-corrected chi connectivity index (χ2v) is 4.44. The van der Waals surface area contributed by atoms with Gasteiger partial charge in [-0.1, -0.05) is 0 Å². The van der Waals surface area contributed by atoms with Crippen LogP contribution in [0.3, 0.4) is 0 Å². The Morgan fingerprint density at radius 2 is 2.28 bits per heavy atom. The minimum atomic E-state index is 0.227. The van der Waals surface area contributed by atoms with Crippen molar-refractivity contribution in [3.05, 3.63) is 30.5 Å². The Morgan fingerprint density at radius 1 is 1.33 bits per heavy atom. The fraction of sp³-hybridized carbons (Fsp3) is 0.357. The molecular weight excluding hydrogens is 228 g/mol. The maximum atomic E-state index is 5.95. The van der Waals surface area contributed by atoms with Gasteiger partial charge in [-0.05, 0) is 42.6 Å². The highest BCUT2D eigenvalue weighted by Crippen LogP contribution is 2.27. The number of nitrogens with zero attached hydrogens (tertiary/aromatic N) is 1. The Labute approximate surface area is 106 Å². The van der Waals surface area contributed by atoms with Crippen molar-refractivity contribution in [2.75, 3.05) is 20.2 Å². The molecule has 18 heavy (non-hydrogen) atoms. The fourth-order valence-electron chi connectivity index (χ4n) is 2.24. The lowest BCUT2D eigenvalue weighted by Gasteiger charge is -2.13. The summed E-state index contributed by atoms with van der Waals surface area (Å²) >= 11 is 0. The highest BCUT2D eigenvalue weighted by atomic mass is 16.5. The molecule has 1 fully saturated rings. The van der Waals surface area contributed by atoms with Crippen LogP contribution >= 0.6 is 0 Å². The molecule has 1 saturated heterocycles. The third-order valence-corrected chi connectivity index (χ3v) is 3.23. The molecule has 0 bridgehead atoms. The van der Waals surface area contributed by atoms with Crippen molar-refractivity contribution in [1.82, 2.24) is 10.3 Å². The number of fused-ring (bicyclic) bond motifs is 1. The van der Waals surface area contributed by atoms with E-state index in [-0.39, 0.29) is 6.10 Å². The zero-order valence-corrected chi connectivity index (χ0v) is 10.3. The zero-order valence-electron chi connectivity index (χ0n) is 10.3. The van der Waals surface area contributed by atoms with Gasteiger partial charge in [0, 0.05) is 18.1 Å². The topological polar surface area (TPSA) is 43.4 Å². The van der Waals surface area contributed by atoms with E-state index in [0.29, 0.717) is 5.88 Å². The number of methoxy groups -OCH3 is 1. The lowest BCUT2D eigenvalue weighted by Crippen LogP contribution is -2.20.